The normalized spacial score (nSPS) is 10.0. The van der Waals surface area contributed by atoms with Crippen LogP contribution in [0.25, 0.3) is 11.1 Å². The Hall–Kier alpha value is -3.21. The summed E-state index contributed by atoms with van der Waals surface area (Å²) in [5, 5.41) is 0. The first-order valence-electron chi connectivity index (χ1n) is 7.42. The first kappa shape index (κ1) is 18.1. The van der Waals surface area contributed by atoms with Crippen LogP contribution in [-0.4, -0.2) is 11.9 Å². The summed E-state index contributed by atoms with van der Waals surface area (Å²) in [6, 6.07) is 10.5. The van der Waals surface area contributed by atoms with Crippen molar-refractivity contribution in [2.75, 3.05) is 0 Å². The lowest BCUT2D eigenvalue weighted by atomic mass is 10.1. The van der Waals surface area contributed by atoms with Gasteiger partial charge in [0.25, 0.3) is 0 Å². The maximum Gasteiger partial charge on any atom is 0.338 e. The Kier molecular flexibility index (Phi) is 5.49. The molecule has 2 aromatic rings. The highest BCUT2D eigenvalue weighted by Gasteiger charge is 2.10. The Morgan fingerprint density at radius 1 is 0.800 bits per heavy atom. The van der Waals surface area contributed by atoms with E-state index in [1.165, 1.54) is 13.0 Å². The fourth-order valence-corrected chi connectivity index (χ4v) is 1.89. The van der Waals surface area contributed by atoms with Crippen molar-refractivity contribution in [3.63, 3.8) is 0 Å². The summed E-state index contributed by atoms with van der Waals surface area (Å²) < 4.78 is 24.0. The fraction of sp³-hybridized carbons (Fsp3) is 0.100. The van der Waals surface area contributed by atoms with Crippen molar-refractivity contribution in [1.29, 1.82) is 0 Å². The van der Waals surface area contributed by atoms with Crippen LogP contribution in [0.4, 0.5) is 4.39 Å². The maximum absolute atomic E-state index is 13.8. The van der Waals surface area contributed by atoms with Gasteiger partial charge in [0.1, 0.15) is 17.3 Å². The third-order valence-corrected chi connectivity index (χ3v) is 3.18. The number of carbonyl (C=O) groups is 2. The highest BCUT2D eigenvalue weighted by Crippen LogP contribution is 2.27. The Morgan fingerprint density at radius 2 is 1.32 bits per heavy atom. The smallest absolute Gasteiger partial charge is 0.338 e. The molecule has 0 heterocycles. The van der Waals surface area contributed by atoms with Crippen LogP contribution in [0, 0.1) is 5.82 Å². The lowest BCUT2D eigenvalue weighted by molar-refractivity contribution is -0.130. The molecule has 25 heavy (non-hydrogen) atoms. The van der Waals surface area contributed by atoms with Gasteiger partial charge in [-0.25, -0.2) is 14.0 Å². The van der Waals surface area contributed by atoms with E-state index in [1.807, 2.05) is 0 Å². The molecular formula is C20H17FO4. The van der Waals surface area contributed by atoms with E-state index in [1.54, 1.807) is 37.3 Å². The number of halogens is 1. The average molecular weight is 340 g/mol. The molecular weight excluding hydrogens is 323 g/mol. The van der Waals surface area contributed by atoms with Crippen LogP contribution in [0.2, 0.25) is 0 Å². The van der Waals surface area contributed by atoms with Crippen LogP contribution in [0.3, 0.4) is 0 Å². The highest BCUT2D eigenvalue weighted by atomic mass is 19.1. The summed E-state index contributed by atoms with van der Waals surface area (Å²) in [4.78, 5) is 23.1. The van der Waals surface area contributed by atoms with Crippen LogP contribution >= 0.6 is 0 Å². The number of rotatable bonds is 5. The van der Waals surface area contributed by atoms with Gasteiger partial charge in [0.05, 0.1) is 0 Å². The molecule has 0 aliphatic heterocycles. The molecule has 0 aliphatic rings. The van der Waals surface area contributed by atoms with E-state index in [0.717, 1.165) is 6.07 Å². The van der Waals surface area contributed by atoms with Gasteiger partial charge in [-0.05, 0) is 49.2 Å². The van der Waals surface area contributed by atoms with Gasteiger partial charge >= 0.3 is 11.9 Å². The van der Waals surface area contributed by atoms with Crippen molar-refractivity contribution in [1.82, 2.24) is 0 Å². The molecule has 0 atom stereocenters. The van der Waals surface area contributed by atoms with Crippen LogP contribution in [0.5, 0.6) is 11.5 Å². The molecule has 2 aromatic carbocycles. The summed E-state index contributed by atoms with van der Waals surface area (Å²) in [5.74, 6) is -1.26. The minimum atomic E-state index is -0.626. The molecule has 0 aromatic heterocycles. The van der Waals surface area contributed by atoms with E-state index in [-0.39, 0.29) is 16.9 Å². The van der Waals surface area contributed by atoms with E-state index in [9.17, 15) is 14.0 Å². The summed E-state index contributed by atoms with van der Waals surface area (Å²) in [6.45, 7) is 10.1. The predicted molar refractivity (Wildman–Crippen MR) is 92.7 cm³/mol. The third kappa shape index (κ3) is 4.88. The summed E-state index contributed by atoms with van der Waals surface area (Å²) in [6.07, 6.45) is 0. The molecule has 0 spiro atoms. The number of carbonyl (C=O) groups excluding carboxylic acids is 2. The molecule has 5 heteroatoms. The lowest BCUT2D eigenvalue weighted by Crippen LogP contribution is -2.08. The van der Waals surface area contributed by atoms with Crippen molar-refractivity contribution < 1.29 is 23.5 Å². The zero-order chi connectivity index (χ0) is 18.6. The molecule has 4 nitrogen and oxygen atoms in total. The van der Waals surface area contributed by atoms with E-state index < -0.39 is 17.8 Å². The molecule has 0 bridgehead atoms. The van der Waals surface area contributed by atoms with Crippen molar-refractivity contribution in [3.8, 4) is 22.6 Å². The highest BCUT2D eigenvalue weighted by molar-refractivity contribution is 5.89. The topological polar surface area (TPSA) is 52.6 Å². The standard InChI is InChI=1S/C20H17FO4/c1-12(2)19(22)24-17-7-5-14(6-8-17)15-9-16(21)11-18(10-15)25-20(23)13(3)4/h5-11H,1,3H2,2,4H3. The maximum atomic E-state index is 13.8. The van der Waals surface area contributed by atoms with E-state index in [0.29, 0.717) is 16.9 Å². The molecule has 0 unspecified atom stereocenters. The Morgan fingerprint density at radius 3 is 1.84 bits per heavy atom. The van der Waals surface area contributed by atoms with E-state index in [2.05, 4.69) is 13.2 Å². The largest absolute Gasteiger partial charge is 0.423 e. The first-order valence-corrected chi connectivity index (χ1v) is 7.42. The Balaban J connectivity index is 2.24. The zero-order valence-corrected chi connectivity index (χ0v) is 14.0. The van der Waals surface area contributed by atoms with E-state index >= 15 is 0 Å². The zero-order valence-electron chi connectivity index (χ0n) is 14.0. The fourth-order valence-electron chi connectivity index (χ4n) is 1.89. The van der Waals surface area contributed by atoms with Gasteiger partial charge in [0.15, 0.2) is 0 Å². The minimum Gasteiger partial charge on any atom is -0.423 e. The van der Waals surface area contributed by atoms with Crippen molar-refractivity contribution in [2.45, 2.75) is 13.8 Å². The van der Waals surface area contributed by atoms with Crippen LogP contribution < -0.4 is 9.47 Å². The quantitative estimate of drug-likeness (QED) is 0.458. The molecule has 0 amide bonds. The molecule has 0 fully saturated rings. The van der Waals surface area contributed by atoms with Gasteiger partial charge in [-0.3, -0.25) is 0 Å². The van der Waals surface area contributed by atoms with E-state index in [4.69, 9.17) is 9.47 Å². The van der Waals surface area contributed by atoms with Gasteiger partial charge in [-0.2, -0.15) is 0 Å². The predicted octanol–water partition coefficient (Wildman–Crippen LogP) is 4.46. The van der Waals surface area contributed by atoms with Gasteiger partial charge in [-0.1, -0.05) is 25.3 Å². The number of benzene rings is 2. The number of hydrogen-bond acceptors (Lipinski definition) is 4. The van der Waals surface area contributed by atoms with Gasteiger partial charge < -0.3 is 9.47 Å². The number of ether oxygens (including phenoxy) is 2. The molecule has 2 rings (SSSR count). The van der Waals surface area contributed by atoms with Crippen molar-refractivity contribution in [3.05, 3.63) is 72.6 Å². The SMILES string of the molecule is C=C(C)C(=O)Oc1ccc(-c2cc(F)cc(OC(=O)C(=C)C)c2)cc1. The van der Waals surface area contributed by atoms with Crippen molar-refractivity contribution in [2.24, 2.45) is 0 Å². The number of esters is 2. The summed E-state index contributed by atoms with van der Waals surface area (Å²) in [5.41, 5.74) is 1.69. The lowest BCUT2D eigenvalue weighted by Gasteiger charge is -2.09. The van der Waals surface area contributed by atoms with Crippen molar-refractivity contribution >= 4 is 11.9 Å². The molecule has 0 saturated carbocycles. The molecule has 128 valence electrons. The van der Waals surface area contributed by atoms with Crippen LogP contribution in [0.1, 0.15) is 13.8 Å². The average Bonchev–Trinajstić information content (AvgIpc) is 2.54. The van der Waals surface area contributed by atoms with Gasteiger partial charge in [0, 0.05) is 17.2 Å². The minimum absolute atomic E-state index is 0.0841. The van der Waals surface area contributed by atoms with Gasteiger partial charge in [0.2, 0.25) is 0 Å². The third-order valence-electron chi connectivity index (χ3n) is 3.18. The Bertz CT molecular complexity index is 850. The molecule has 0 aliphatic carbocycles. The second kappa shape index (κ2) is 7.57. The second-order valence-corrected chi connectivity index (χ2v) is 5.54. The molecule has 0 saturated heterocycles. The molecule has 0 N–H and O–H groups in total. The molecule has 0 radical (unpaired) electrons. The van der Waals surface area contributed by atoms with Crippen LogP contribution in [-0.2, 0) is 9.59 Å². The monoisotopic (exact) mass is 340 g/mol. The van der Waals surface area contributed by atoms with Crippen LogP contribution in [0.15, 0.2) is 66.8 Å². The number of hydrogen-bond donors (Lipinski definition) is 0. The van der Waals surface area contributed by atoms with Gasteiger partial charge in [-0.15, -0.1) is 0 Å². The summed E-state index contributed by atoms with van der Waals surface area (Å²) in [7, 11) is 0. The summed E-state index contributed by atoms with van der Waals surface area (Å²) >= 11 is 0. The Labute approximate surface area is 145 Å². The first-order chi connectivity index (χ1) is 11.8. The second-order valence-electron chi connectivity index (χ2n) is 5.54.